The molecule has 3 atom stereocenters. The van der Waals surface area contributed by atoms with E-state index in [1.165, 1.54) is 0 Å². The van der Waals surface area contributed by atoms with Gasteiger partial charge in [0.2, 0.25) is 0 Å². The summed E-state index contributed by atoms with van der Waals surface area (Å²) in [4.78, 5) is 11.5. The molecule has 0 aromatic heterocycles. The number of hydrogen-bond acceptors (Lipinski definition) is 5. The third-order valence-corrected chi connectivity index (χ3v) is 3.43. The molecule has 0 bridgehead atoms. The molecular weight excluding hydrogens is 246 g/mol. The minimum Gasteiger partial charge on any atom is -0.550 e. The molecule has 5 nitrogen and oxygen atoms in total. The van der Waals surface area contributed by atoms with Crippen LogP contribution in [0.4, 0.5) is 0 Å². The summed E-state index contributed by atoms with van der Waals surface area (Å²) in [6, 6.07) is 0. The number of rotatable bonds is 4. The maximum atomic E-state index is 11.5. The molecule has 112 valence electrons. The molecule has 0 aromatic carbocycles. The normalized spacial score (nSPS) is 28.9. The Hall–Kier alpha value is -0.650. The summed E-state index contributed by atoms with van der Waals surface area (Å²) < 4.78 is 11.6. The molecule has 0 saturated carbocycles. The first kappa shape index (κ1) is 16.4. The van der Waals surface area contributed by atoms with Crippen LogP contribution in [0, 0.1) is 11.3 Å². The van der Waals surface area contributed by atoms with Crippen LogP contribution in [-0.4, -0.2) is 30.5 Å². The first-order valence-electron chi connectivity index (χ1n) is 6.83. The van der Waals surface area contributed by atoms with E-state index < -0.39 is 29.2 Å². The highest BCUT2D eigenvalue weighted by atomic mass is 16.7. The van der Waals surface area contributed by atoms with E-state index in [0.717, 1.165) is 0 Å². The highest BCUT2D eigenvalue weighted by Gasteiger charge is 2.43. The summed E-state index contributed by atoms with van der Waals surface area (Å²) in [5.41, 5.74) is 5.14. The maximum Gasteiger partial charge on any atom is 0.163 e. The lowest BCUT2D eigenvalue weighted by Crippen LogP contribution is -2.54. The summed E-state index contributed by atoms with van der Waals surface area (Å²) >= 11 is 0. The van der Waals surface area contributed by atoms with Crippen LogP contribution in [-0.2, 0) is 14.3 Å². The van der Waals surface area contributed by atoms with Crippen molar-refractivity contribution in [1.29, 1.82) is 0 Å². The molecule has 0 radical (unpaired) electrons. The van der Waals surface area contributed by atoms with Gasteiger partial charge in [-0.1, -0.05) is 20.8 Å². The van der Waals surface area contributed by atoms with Crippen LogP contribution >= 0.6 is 0 Å². The molecule has 1 aliphatic rings. The first-order valence-corrected chi connectivity index (χ1v) is 6.83. The van der Waals surface area contributed by atoms with Crippen LogP contribution < -0.4 is 10.8 Å². The van der Waals surface area contributed by atoms with E-state index in [1.54, 1.807) is 13.8 Å². The third-order valence-electron chi connectivity index (χ3n) is 3.43. The zero-order chi connectivity index (χ0) is 14.8. The minimum absolute atomic E-state index is 0.0667. The second-order valence-electron chi connectivity index (χ2n) is 6.77. The molecule has 3 unspecified atom stereocenters. The quantitative estimate of drug-likeness (QED) is 0.812. The highest BCUT2D eigenvalue weighted by Crippen LogP contribution is 2.38. The van der Waals surface area contributed by atoms with E-state index in [9.17, 15) is 9.90 Å². The summed E-state index contributed by atoms with van der Waals surface area (Å²) in [5.74, 6) is -2.53. The smallest absolute Gasteiger partial charge is 0.163 e. The molecular formula is C14H26NO4-. The van der Waals surface area contributed by atoms with Crippen molar-refractivity contribution in [3.05, 3.63) is 0 Å². The van der Waals surface area contributed by atoms with Crippen molar-refractivity contribution in [3.8, 4) is 0 Å². The Labute approximate surface area is 115 Å². The highest BCUT2D eigenvalue weighted by molar-refractivity contribution is 5.69. The van der Waals surface area contributed by atoms with Gasteiger partial charge in [0.1, 0.15) is 0 Å². The summed E-state index contributed by atoms with van der Waals surface area (Å²) in [7, 11) is 0. The number of ether oxygens (including phenoxy) is 2. The van der Waals surface area contributed by atoms with E-state index in [2.05, 4.69) is 0 Å². The Morgan fingerprint density at radius 1 is 1.42 bits per heavy atom. The lowest BCUT2D eigenvalue weighted by molar-refractivity contribution is -0.340. The predicted octanol–water partition coefficient (Wildman–Crippen LogP) is 0.658. The minimum atomic E-state index is -1.07. The van der Waals surface area contributed by atoms with Crippen molar-refractivity contribution in [1.82, 2.24) is 0 Å². The van der Waals surface area contributed by atoms with Gasteiger partial charge in [-0.2, -0.15) is 0 Å². The number of aliphatic carboxylic acids is 1. The number of hydrogen-bond donors (Lipinski definition) is 1. The third kappa shape index (κ3) is 4.44. The van der Waals surface area contributed by atoms with Crippen LogP contribution in [0.5, 0.6) is 0 Å². The topological polar surface area (TPSA) is 84.6 Å². The Bertz CT molecular complexity index is 322. The second-order valence-corrected chi connectivity index (χ2v) is 6.77. The van der Waals surface area contributed by atoms with E-state index in [4.69, 9.17) is 15.2 Å². The molecule has 0 spiro atoms. The second kappa shape index (κ2) is 5.77. The van der Waals surface area contributed by atoms with Crippen molar-refractivity contribution in [3.63, 3.8) is 0 Å². The number of carboxylic acid groups (broad SMARTS) is 1. The molecule has 2 N–H and O–H groups in total. The monoisotopic (exact) mass is 272 g/mol. The van der Waals surface area contributed by atoms with Crippen LogP contribution in [0.2, 0.25) is 0 Å². The predicted molar refractivity (Wildman–Crippen MR) is 70.1 cm³/mol. The fraction of sp³-hybridized carbons (Fsp3) is 0.929. The fourth-order valence-electron chi connectivity index (χ4n) is 2.78. The first-order chi connectivity index (χ1) is 8.57. The maximum absolute atomic E-state index is 11.5. The van der Waals surface area contributed by atoms with Crippen molar-refractivity contribution in [2.24, 2.45) is 17.1 Å². The zero-order valence-electron chi connectivity index (χ0n) is 12.6. The summed E-state index contributed by atoms with van der Waals surface area (Å²) in [5, 5.41) is 11.5. The zero-order valence-corrected chi connectivity index (χ0v) is 12.6. The molecule has 1 saturated heterocycles. The molecule has 0 amide bonds. The number of carbonyl (C=O) groups excluding carboxylic acids is 1. The standard InChI is InChI=1S/C14H27NO4/c1-13(2,3)11(12(16)17)10-8-9(6-7-15)18-14(4,5)19-10/h9-11H,6-8,15H2,1-5H3,(H,16,17)/p-1. The van der Waals surface area contributed by atoms with Gasteiger partial charge in [-0.25, -0.2) is 0 Å². The Morgan fingerprint density at radius 2 is 2.00 bits per heavy atom. The lowest BCUT2D eigenvalue weighted by Gasteiger charge is -2.47. The number of carboxylic acids is 1. The van der Waals surface area contributed by atoms with E-state index in [-0.39, 0.29) is 6.10 Å². The van der Waals surface area contributed by atoms with Crippen molar-refractivity contribution in [2.75, 3.05) is 6.54 Å². The van der Waals surface area contributed by atoms with Gasteiger partial charge in [0.25, 0.3) is 0 Å². The van der Waals surface area contributed by atoms with E-state index in [0.29, 0.717) is 19.4 Å². The summed E-state index contributed by atoms with van der Waals surface area (Å²) in [6.07, 6.45) is 0.761. The Morgan fingerprint density at radius 3 is 2.42 bits per heavy atom. The van der Waals surface area contributed by atoms with Gasteiger partial charge in [-0.15, -0.1) is 0 Å². The van der Waals surface area contributed by atoms with Crippen LogP contribution in [0.3, 0.4) is 0 Å². The van der Waals surface area contributed by atoms with E-state index in [1.807, 2.05) is 20.8 Å². The van der Waals surface area contributed by atoms with Crippen LogP contribution in [0.15, 0.2) is 0 Å². The van der Waals surface area contributed by atoms with E-state index >= 15 is 0 Å². The lowest BCUT2D eigenvalue weighted by atomic mass is 9.75. The van der Waals surface area contributed by atoms with Crippen molar-refractivity contribution >= 4 is 5.97 Å². The Balaban J connectivity index is 2.93. The van der Waals surface area contributed by atoms with Crippen molar-refractivity contribution in [2.45, 2.75) is 65.5 Å². The fourth-order valence-corrected chi connectivity index (χ4v) is 2.78. The molecule has 1 fully saturated rings. The average Bonchev–Trinajstić information content (AvgIpc) is 2.11. The Kier molecular flexibility index (Phi) is 4.98. The van der Waals surface area contributed by atoms with Gasteiger partial charge >= 0.3 is 0 Å². The van der Waals surface area contributed by atoms with Gasteiger partial charge in [-0.3, -0.25) is 0 Å². The van der Waals surface area contributed by atoms with Gasteiger partial charge in [-0.05, 0) is 32.2 Å². The molecule has 19 heavy (non-hydrogen) atoms. The van der Waals surface area contributed by atoms with Crippen LogP contribution in [0.1, 0.15) is 47.5 Å². The van der Waals surface area contributed by atoms with Gasteiger partial charge < -0.3 is 25.1 Å². The molecule has 0 aliphatic carbocycles. The molecule has 1 rings (SSSR count). The summed E-state index contributed by atoms with van der Waals surface area (Å²) in [6.45, 7) is 9.78. The van der Waals surface area contributed by atoms with Gasteiger partial charge in [0, 0.05) is 18.3 Å². The number of carbonyl (C=O) groups is 1. The average molecular weight is 272 g/mol. The van der Waals surface area contributed by atoms with Crippen LogP contribution in [0.25, 0.3) is 0 Å². The number of nitrogens with two attached hydrogens (primary N) is 1. The molecule has 1 heterocycles. The van der Waals surface area contributed by atoms with Gasteiger partial charge in [0.05, 0.1) is 12.2 Å². The largest absolute Gasteiger partial charge is 0.550 e. The molecule has 0 aromatic rings. The molecule has 5 heteroatoms. The van der Waals surface area contributed by atoms with Crippen molar-refractivity contribution < 1.29 is 19.4 Å². The molecule has 1 aliphatic heterocycles. The van der Waals surface area contributed by atoms with Gasteiger partial charge in [0.15, 0.2) is 5.79 Å². The SMILES string of the molecule is CC1(C)OC(CCN)CC(C(C(=O)[O-])C(C)(C)C)O1.